The van der Waals surface area contributed by atoms with Crippen LogP contribution in [0, 0.1) is 0 Å². The van der Waals surface area contributed by atoms with Crippen molar-refractivity contribution in [3.8, 4) is 0 Å². The number of likely N-dealkylation sites (N-methyl/N-ethyl adjacent to an activating group) is 1. The highest BCUT2D eigenvalue weighted by Gasteiger charge is 2.37. The summed E-state index contributed by atoms with van der Waals surface area (Å²) < 4.78 is 29.9. The SMILES string of the molecule is CCCCC1CN(c2ccccc2)c2cc(SC)c(CSCC(=O)OCC)cc2S(O)(O)N1C. The molecule has 0 saturated carbocycles. The summed E-state index contributed by atoms with van der Waals surface area (Å²) >= 11 is 3.11. The van der Waals surface area contributed by atoms with Gasteiger partial charge in [-0.2, -0.15) is 0 Å². The van der Waals surface area contributed by atoms with Crippen LogP contribution in [-0.2, 0) is 15.3 Å². The van der Waals surface area contributed by atoms with Crippen molar-refractivity contribution in [1.29, 1.82) is 0 Å². The predicted molar refractivity (Wildman–Crippen MR) is 147 cm³/mol. The van der Waals surface area contributed by atoms with E-state index in [2.05, 4.69) is 30.0 Å². The lowest BCUT2D eigenvalue weighted by molar-refractivity contribution is -0.139. The molecule has 0 bridgehead atoms. The van der Waals surface area contributed by atoms with Crippen LogP contribution in [0.4, 0.5) is 11.4 Å². The molecular formula is C25H36N2O4S3. The van der Waals surface area contributed by atoms with Gasteiger partial charge >= 0.3 is 5.97 Å². The summed E-state index contributed by atoms with van der Waals surface area (Å²) in [6.45, 7) is 5.00. The molecule has 0 aliphatic carbocycles. The molecule has 2 aromatic carbocycles. The van der Waals surface area contributed by atoms with Crippen LogP contribution in [0.2, 0.25) is 0 Å². The summed E-state index contributed by atoms with van der Waals surface area (Å²) in [4.78, 5) is 15.6. The van der Waals surface area contributed by atoms with Crippen molar-refractivity contribution in [3.05, 3.63) is 48.0 Å². The van der Waals surface area contributed by atoms with Crippen LogP contribution < -0.4 is 4.90 Å². The molecule has 2 N–H and O–H groups in total. The molecule has 1 atom stereocenters. The van der Waals surface area contributed by atoms with Crippen molar-refractivity contribution < 1.29 is 18.6 Å². The third kappa shape index (κ3) is 6.25. The Morgan fingerprint density at radius 2 is 1.94 bits per heavy atom. The van der Waals surface area contributed by atoms with Gasteiger partial charge < -0.3 is 9.64 Å². The highest BCUT2D eigenvalue weighted by molar-refractivity contribution is 8.22. The van der Waals surface area contributed by atoms with Crippen molar-refractivity contribution in [1.82, 2.24) is 4.31 Å². The lowest BCUT2D eigenvalue weighted by atomic mass is 10.1. The zero-order valence-electron chi connectivity index (χ0n) is 20.4. The second-order valence-corrected chi connectivity index (χ2v) is 12.1. The molecule has 1 aliphatic rings. The fourth-order valence-electron chi connectivity index (χ4n) is 4.12. The first-order chi connectivity index (χ1) is 16.3. The van der Waals surface area contributed by atoms with Crippen LogP contribution >= 0.6 is 34.3 Å². The zero-order chi connectivity index (χ0) is 24.7. The highest BCUT2D eigenvalue weighted by atomic mass is 32.3. The Hall–Kier alpha value is -1.36. The minimum absolute atomic E-state index is 0.00285. The number of nitrogens with zero attached hydrogens (tertiary/aromatic N) is 2. The fourth-order valence-corrected chi connectivity index (χ4v) is 7.30. The molecule has 34 heavy (non-hydrogen) atoms. The van der Waals surface area contributed by atoms with Crippen LogP contribution in [0.25, 0.3) is 0 Å². The molecule has 1 unspecified atom stereocenters. The van der Waals surface area contributed by atoms with Gasteiger partial charge in [0.15, 0.2) is 0 Å². The fraction of sp³-hybridized carbons (Fsp3) is 0.480. The number of ether oxygens (including phenoxy) is 1. The van der Waals surface area contributed by atoms with Crippen LogP contribution in [0.3, 0.4) is 0 Å². The van der Waals surface area contributed by atoms with Gasteiger partial charge in [-0.15, -0.1) is 34.3 Å². The third-order valence-corrected chi connectivity index (χ3v) is 9.79. The number of carbonyl (C=O) groups is 1. The zero-order valence-corrected chi connectivity index (χ0v) is 22.8. The number of anilines is 2. The number of unbranched alkanes of at least 4 members (excludes halogenated alkanes) is 1. The number of hydrogen-bond acceptors (Lipinski definition) is 8. The summed E-state index contributed by atoms with van der Waals surface area (Å²) in [7, 11) is -1.37. The first-order valence-electron chi connectivity index (χ1n) is 11.6. The second kappa shape index (κ2) is 12.6. The van der Waals surface area contributed by atoms with Crippen molar-refractivity contribution >= 4 is 51.6 Å². The van der Waals surface area contributed by atoms with Crippen LogP contribution in [0.1, 0.15) is 38.7 Å². The summed E-state index contributed by atoms with van der Waals surface area (Å²) in [6.07, 6.45) is 4.99. The summed E-state index contributed by atoms with van der Waals surface area (Å²) in [5, 5.41) is 0. The minimum Gasteiger partial charge on any atom is -0.465 e. The molecule has 0 aromatic heterocycles. The number of esters is 1. The first kappa shape index (κ1) is 27.2. The van der Waals surface area contributed by atoms with E-state index < -0.39 is 10.8 Å². The standard InChI is InChI=1S/C25H36N2O4S3/c1-5-7-11-21-16-27(20-12-9-8-10-13-20)22-15-23(32-4)19(17-33-18-25(28)31-6-2)14-24(22)34(29,30)26(21)3/h8-10,12-15,21,29-30H,5-7,11,16-18H2,1-4H3. The molecule has 3 rings (SSSR count). The van der Waals surface area contributed by atoms with Gasteiger partial charge in [0.25, 0.3) is 0 Å². The average molecular weight is 525 g/mol. The Labute approximate surface area is 213 Å². The van der Waals surface area contributed by atoms with E-state index >= 15 is 0 Å². The number of carbonyl (C=O) groups excluding carboxylic acids is 1. The number of benzene rings is 2. The van der Waals surface area contributed by atoms with Gasteiger partial charge in [-0.1, -0.05) is 38.0 Å². The van der Waals surface area contributed by atoms with E-state index in [-0.39, 0.29) is 17.8 Å². The maximum Gasteiger partial charge on any atom is 0.315 e. The summed E-state index contributed by atoms with van der Waals surface area (Å²) in [5.41, 5.74) is 2.86. The predicted octanol–water partition coefficient (Wildman–Crippen LogP) is 6.87. The number of para-hydroxylation sites is 1. The molecule has 2 aromatic rings. The molecule has 0 fully saturated rings. The number of fused-ring (bicyclic) bond motifs is 1. The number of thioether (sulfide) groups is 2. The molecule has 0 radical (unpaired) electrons. The lowest BCUT2D eigenvalue weighted by Gasteiger charge is -2.43. The van der Waals surface area contributed by atoms with E-state index in [9.17, 15) is 13.9 Å². The Morgan fingerprint density at radius 3 is 2.59 bits per heavy atom. The molecule has 6 nitrogen and oxygen atoms in total. The lowest BCUT2D eigenvalue weighted by Crippen LogP contribution is -2.39. The van der Waals surface area contributed by atoms with E-state index in [4.69, 9.17) is 4.74 Å². The van der Waals surface area contributed by atoms with E-state index in [0.717, 1.165) is 41.1 Å². The van der Waals surface area contributed by atoms with Gasteiger partial charge in [0.2, 0.25) is 0 Å². The van der Waals surface area contributed by atoms with Gasteiger partial charge in [-0.3, -0.25) is 13.9 Å². The van der Waals surface area contributed by atoms with Crippen molar-refractivity contribution in [3.63, 3.8) is 0 Å². The summed E-state index contributed by atoms with van der Waals surface area (Å²) in [5.74, 6) is 0.627. The Bertz CT molecular complexity index is 959. The normalized spacial score (nSPS) is 18.8. The summed E-state index contributed by atoms with van der Waals surface area (Å²) in [6, 6.07) is 14.2. The van der Waals surface area contributed by atoms with Crippen LogP contribution in [-0.4, -0.2) is 57.6 Å². The maximum absolute atomic E-state index is 11.8. The highest BCUT2D eigenvalue weighted by Crippen LogP contribution is 2.59. The van der Waals surface area contributed by atoms with Gasteiger partial charge in [-0.25, -0.2) is 4.31 Å². The van der Waals surface area contributed by atoms with Gasteiger partial charge in [0, 0.05) is 36.0 Å². The monoisotopic (exact) mass is 524 g/mol. The molecule has 1 heterocycles. The van der Waals surface area contributed by atoms with E-state index in [1.165, 1.54) is 11.8 Å². The van der Waals surface area contributed by atoms with E-state index in [1.54, 1.807) is 23.0 Å². The molecule has 9 heteroatoms. The van der Waals surface area contributed by atoms with Gasteiger partial charge in [0.05, 0.1) is 22.9 Å². The average Bonchev–Trinajstić information content (AvgIpc) is 2.91. The molecule has 0 spiro atoms. The molecule has 0 saturated heterocycles. The number of rotatable bonds is 10. The quantitative estimate of drug-likeness (QED) is 0.258. The van der Waals surface area contributed by atoms with Crippen molar-refractivity contribution in [2.75, 3.05) is 37.1 Å². The Kier molecular flexibility index (Phi) is 10.1. The van der Waals surface area contributed by atoms with Crippen LogP contribution in [0.15, 0.2) is 52.3 Å². The molecule has 0 amide bonds. The van der Waals surface area contributed by atoms with E-state index in [0.29, 0.717) is 23.8 Å². The molecule has 1 aliphatic heterocycles. The van der Waals surface area contributed by atoms with Crippen LogP contribution in [0.5, 0.6) is 0 Å². The first-order valence-corrected chi connectivity index (χ1v) is 15.5. The molecule has 188 valence electrons. The van der Waals surface area contributed by atoms with Gasteiger partial charge in [-0.05, 0) is 49.4 Å². The second-order valence-electron chi connectivity index (χ2n) is 8.24. The minimum atomic E-state index is -3.19. The van der Waals surface area contributed by atoms with Crippen molar-refractivity contribution in [2.45, 2.75) is 54.7 Å². The largest absolute Gasteiger partial charge is 0.465 e. The third-order valence-electron chi connectivity index (χ3n) is 6.00. The number of hydrogen-bond donors (Lipinski definition) is 2. The van der Waals surface area contributed by atoms with Gasteiger partial charge in [0.1, 0.15) is 0 Å². The van der Waals surface area contributed by atoms with E-state index in [1.807, 2.05) is 37.6 Å². The smallest absolute Gasteiger partial charge is 0.315 e. The van der Waals surface area contributed by atoms with Crippen molar-refractivity contribution in [2.24, 2.45) is 0 Å². The Morgan fingerprint density at radius 1 is 1.21 bits per heavy atom. The topological polar surface area (TPSA) is 73.2 Å². The molecular weight excluding hydrogens is 488 g/mol. The maximum atomic E-state index is 11.8. The Balaban J connectivity index is 2.06.